The molecule has 9 heteroatoms. The number of nitrogens with zero attached hydrogens (tertiary/aromatic N) is 2. The van der Waals surface area contributed by atoms with Crippen molar-refractivity contribution in [2.45, 2.75) is 77.4 Å². The molecule has 0 spiro atoms. The molecule has 0 aliphatic carbocycles. The second-order valence-corrected chi connectivity index (χ2v) is 10.7. The molecule has 1 unspecified atom stereocenters. The summed E-state index contributed by atoms with van der Waals surface area (Å²) in [6.07, 6.45) is -0.324. The minimum atomic E-state index is -3.73. The Morgan fingerprint density at radius 2 is 1.91 bits per heavy atom. The number of furan rings is 1. The Balaban J connectivity index is 2.58. The number of hydrogen-bond donors (Lipinski definition) is 2. The summed E-state index contributed by atoms with van der Waals surface area (Å²) in [6, 6.07) is 4.64. The van der Waals surface area contributed by atoms with Crippen LogP contribution in [0.4, 0.5) is 4.39 Å². The molecule has 174 valence electrons. The highest BCUT2D eigenvalue weighted by Crippen LogP contribution is 2.33. The van der Waals surface area contributed by atoms with E-state index in [9.17, 15) is 23.8 Å². The summed E-state index contributed by atoms with van der Waals surface area (Å²) in [6.45, 7) is 11.9. The molecule has 2 aromatic rings. The highest BCUT2D eigenvalue weighted by Gasteiger charge is 2.27. The van der Waals surface area contributed by atoms with Crippen LogP contribution in [0, 0.1) is 24.1 Å². The zero-order chi connectivity index (χ0) is 24.6. The summed E-state index contributed by atoms with van der Waals surface area (Å²) < 4.78 is 37.1. The van der Waals surface area contributed by atoms with E-state index in [2.05, 4.69) is 4.36 Å². The van der Waals surface area contributed by atoms with E-state index in [1.165, 1.54) is 26.0 Å². The van der Waals surface area contributed by atoms with Crippen LogP contribution < -0.4 is 5.14 Å². The fourth-order valence-electron chi connectivity index (χ4n) is 3.72. The Morgan fingerprint density at radius 3 is 2.34 bits per heavy atom. The second kappa shape index (κ2) is 9.14. The molecule has 0 fully saturated rings. The maximum atomic E-state index is 15.0. The topological polar surface area (TPSA) is 130 Å². The number of aryl methyl sites for hydroxylation is 1. The maximum absolute atomic E-state index is 15.0. The molecule has 0 aliphatic heterocycles. The van der Waals surface area contributed by atoms with Gasteiger partial charge < -0.3 is 9.52 Å². The number of carbonyl (C=O) groups excluding carboxylic acids is 1. The summed E-state index contributed by atoms with van der Waals surface area (Å²) >= 11 is 0. The van der Waals surface area contributed by atoms with E-state index in [1.807, 2.05) is 19.9 Å². The predicted octanol–water partition coefficient (Wildman–Crippen LogP) is 4.54. The van der Waals surface area contributed by atoms with E-state index in [0.717, 1.165) is 0 Å². The Hall–Kier alpha value is -2.54. The van der Waals surface area contributed by atoms with Gasteiger partial charge >= 0.3 is 0 Å². The number of nitrogens with two attached hydrogens (primary N) is 1. The monoisotopic (exact) mass is 463 g/mol. The van der Waals surface area contributed by atoms with Gasteiger partial charge in [-0.05, 0) is 55.4 Å². The second-order valence-electron chi connectivity index (χ2n) is 8.97. The summed E-state index contributed by atoms with van der Waals surface area (Å²) in [4.78, 5) is 12.8. The molecule has 2 rings (SSSR count). The van der Waals surface area contributed by atoms with Gasteiger partial charge in [0.2, 0.25) is 5.09 Å². The van der Waals surface area contributed by atoms with Crippen LogP contribution in [0.3, 0.4) is 0 Å². The summed E-state index contributed by atoms with van der Waals surface area (Å²) in [7, 11) is -3.73. The number of carbonyl (C=O) groups is 1. The van der Waals surface area contributed by atoms with Crippen LogP contribution in [0.2, 0.25) is 0 Å². The molecule has 32 heavy (non-hydrogen) atoms. The van der Waals surface area contributed by atoms with Gasteiger partial charge in [-0.25, -0.2) is 13.7 Å². The number of hydrogen-bond acceptors (Lipinski definition) is 5. The first-order valence-electron chi connectivity index (χ1n) is 10.3. The molecule has 1 amide bonds. The number of amides is 1. The van der Waals surface area contributed by atoms with E-state index in [0.29, 0.717) is 22.5 Å². The first-order chi connectivity index (χ1) is 14.6. The van der Waals surface area contributed by atoms with E-state index in [4.69, 9.17) is 9.56 Å². The SMILES string of the molecule is Cc1oc(S(N)(=O)=NC(=O)Cc2c(C(C)C)cc(C#N)c(F)c2C(C)C)cc1C(C)(C)O. The van der Waals surface area contributed by atoms with Gasteiger partial charge in [-0.15, -0.1) is 4.36 Å². The lowest BCUT2D eigenvalue weighted by molar-refractivity contribution is -0.117. The van der Waals surface area contributed by atoms with Gasteiger partial charge in [0.15, 0.2) is 9.92 Å². The minimum Gasteiger partial charge on any atom is -0.450 e. The molecule has 1 aromatic heterocycles. The van der Waals surface area contributed by atoms with Gasteiger partial charge in [-0.2, -0.15) is 5.26 Å². The lowest BCUT2D eigenvalue weighted by atomic mass is 9.85. The lowest BCUT2D eigenvalue weighted by Crippen LogP contribution is -2.18. The zero-order valence-electron chi connectivity index (χ0n) is 19.4. The molecule has 0 saturated carbocycles. The van der Waals surface area contributed by atoms with Crippen molar-refractivity contribution in [3.8, 4) is 6.07 Å². The van der Waals surface area contributed by atoms with Crippen LogP contribution in [0.5, 0.6) is 0 Å². The summed E-state index contributed by atoms with van der Waals surface area (Å²) in [5.74, 6) is -1.55. The van der Waals surface area contributed by atoms with Crippen LogP contribution in [0.15, 0.2) is 26.0 Å². The van der Waals surface area contributed by atoms with Crippen molar-refractivity contribution >= 4 is 15.8 Å². The average molecular weight is 464 g/mol. The predicted molar refractivity (Wildman–Crippen MR) is 120 cm³/mol. The van der Waals surface area contributed by atoms with Crippen LogP contribution >= 0.6 is 0 Å². The van der Waals surface area contributed by atoms with Crippen molar-refractivity contribution in [2.75, 3.05) is 0 Å². The number of aliphatic hydroxyl groups is 1. The lowest BCUT2D eigenvalue weighted by Gasteiger charge is -2.20. The van der Waals surface area contributed by atoms with Crippen molar-refractivity contribution in [3.05, 3.63) is 51.5 Å². The van der Waals surface area contributed by atoms with Crippen molar-refractivity contribution in [2.24, 2.45) is 9.50 Å². The third kappa shape index (κ3) is 5.26. The van der Waals surface area contributed by atoms with Crippen LogP contribution in [-0.4, -0.2) is 15.2 Å². The standard InChI is InChI=1S/C23H30FN3O4S/c1-12(2)16-8-15(11-25)22(24)21(13(3)4)17(16)9-19(28)27-32(26,30)20-10-18(14(5)31-20)23(6,7)29/h8,10,12-13,29H,9H2,1-7H3,(H2,26,27,28,30). The number of benzene rings is 1. The number of nitriles is 1. The Bertz CT molecular complexity index is 1210. The van der Waals surface area contributed by atoms with Crippen molar-refractivity contribution < 1.29 is 22.9 Å². The molecule has 7 nitrogen and oxygen atoms in total. The maximum Gasteiger partial charge on any atom is 0.259 e. The Kier molecular flexibility index (Phi) is 7.34. The molecule has 1 heterocycles. The molecule has 3 N–H and O–H groups in total. The summed E-state index contributed by atoms with van der Waals surface area (Å²) in [5, 5.41) is 25.1. The van der Waals surface area contributed by atoms with Crippen molar-refractivity contribution in [1.82, 2.24) is 0 Å². The molecular formula is C23H30FN3O4S. The van der Waals surface area contributed by atoms with Gasteiger partial charge in [0.1, 0.15) is 17.6 Å². The highest BCUT2D eigenvalue weighted by molar-refractivity contribution is 7.91. The number of rotatable bonds is 6. The molecule has 1 atom stereocenters. The molecule has 0 saturated heterocycles. The third-order valence-electron chi connectivity index (χ3n) is 5.17. The molecule has 1 aromatic carbocycles. The Labute approximate surface area is 188 Å². The fraction of sp³-hybridized carbons (Fsp3) is 0.478. The molecular weight excluding hydrogens is 433 g/mol. The summed E-state index contributed by atoms with van der Waals surface area (Å²) in [5.41, 5.74) is 0.368. The quantitative estimate of drug-likeness (QED) is 0.649. The van der Waals surface area contributed by atoms with Gasteiger partial charge in [0.25, 0.3) is 5.91 Å². The molecule has 0 radical (unpaired) electrons. The Morgan fingerprint density at radius 1 is 1.31 bits per heavy atom. The average Bonchev–Trinajstić information content (AvgIpc) is 3.04. The van der Waals surface area contributed by atoms with Gasteiger partial charge in [0, 0.05) is 11.6 Å². The minimum absolute atomic E-state index is 0.0848. The van der Waals surface area contributed by atoms with Crippen LogP contribution in [-0.2, 0) is 26.7 Å². The third-order valence-corrected chi connectivity index (χ3v) is 6.43. The van der Waals surface area contributed by atoms with E-state index in [-0.39, 0.29) is 34.5 Å². The first kappa shape index (κ1) is 25.7. The molecule has 0 bridgehead atoms. The van der Waals surface area contributed by atoms with Gasteiger partial charge in [-0.3, -0.25) is 4.79 Å². The first-order valence-corrected chi connectivity index (χ1v) is 11.8. The number of halogens is 1. The molecule has 0 aliphatic rings. The van der Waals surface area contributed by atoms with Gasteiger partial charge in [-0.1, -0.05) is 27.7 Å². The van der Waals surface area contributed by atoms with Gasteiger partial charge in [0.05, 0.1) is 17.6 Å². The van der Waals surface area contributed by atoms with Crippen molar-refractivity contribution in [3.63, 3.8) is 0 Å². The van der Waals surface area contributed by atoms with E-state index < -0.39 is 27.2 Å². The highest BCUT2D eigenvalue weighted by atomic mass is 32.2. The fourth-order valence-corrected chi connectivity index (χ4v) is 4.71. The van der Waals surface area contributed by atoms with E-state index in [1.54, 1.807) is 20.8 Å². The van der Waals surface area contributed by atoms with Crippen LogP contribution in [0.1, 0.15) is 87.0 Å². The van der Waals surface area contributed by atoms with E-state index >= 15 is 0 Å². The zero-order valence-corrected chi connectivity index (χ0v) is 20.3. The van der Waals surface area contributed by atoms with Crippen LogP contribution in [0.25, 0.3) is 0 Å². The normalized spacial score (nSPS) is 13.8. The smallest absolute Gasteiger partial charge is 0.259 e. The largest absolute Gasteiger partial charge is 0.450 e. The van der Waals surface area contributed by atoms with Crippen molar-refractivity contribution in [1.29, 1.82) is 5.26 Å².